The van der Waals surface area contributed by atoms with Gasteiger partial charge in [-0.1, -0.05) is 29.3 Å². The predicted octanol–water partition coefficient (Wildman–Crippen LogP) is 3.84. The minimum atomic E-state index is -0.835. The van der Waals surface area contributed by atoms with E-state index in [0.29, 0.717) is 29.6 Å². The number of rotatable bonds is 3. The molecule has 0 aromatic heterocycles. The van der Waals surface area contributed by atoms with Gasteiger partial charge in [-0.05, 0) is 38.5 Å². The first-order valence-corrected chi connectivity index (χ1v) is 8.61. The third-order valence-electron chi connectivity index (χ3n) is 3.80. The molecule has 1 aliphatic heterocycles. The Morgan fingerprint density at radius 3 is 2.67 bits per heavy atom. The van der Waals surface area contributed by atoms with E-state index in [4.69, 9.17) is 32.7 Å². The fraction of sp³-hybridized carbons (Fsp3) is 0.588. The van der Waals surface area contributed by atoms with Crippen molar-refractivity contribution < 1.29 is 19.4 Å². The minimum Gasteiger partial charge on any atom is -0.444 e. The molecule has 0 spiro atoms. The van der Waals surface area contributed by atoms with E-state index < -0.39 is 17.3 Å². The monoisotopic (exact) mass is 375 g/mol. The molecular formula is C17H23Cl2NO4. The zero-order chi connectivity index (χ0) is 18.0. The highest BCUT2D eigenvalue weighted by molar-refractivity contribution is 6.42. The lowest BCUT2D eigenvalue weighted by Gasteiger charge is -2.43. The standard InChI is InChI=1S/C17H23Cl2NO4/c1-16(2,3)24-15(22)20-7-9-23-17(11-20,6-8-21)12-4-5-13(18)14(19)10-12/h4-5,10,21H,6-9,11H2,1-3H3. The predicted molar refractivity (Wildman–Crippen MR) is 93.6 cm³/mol. The molecule has 1 saturated heterocycles. The molecule has 1 N–H and O–H groups in total. The highest BCUT2D eigenvalue weighted by Gasteiger charge is 2.41. The molecule has 0 saturated carbocycles. The molecule has 5 nitrogen and oxygen atoms in total. The summed E-state index contributed by atoms with van der Waals surface area (Å²) in [7, 11) is 0. The SMILES string of the molecule is CC(C)(C)OC(=O)N1CCOC(CCO)(c2ccc(Cl)c(Cl)c2)C1. The number of nitrogens with zero attached hydrogens (tertiary/aromatic N) is 1. The van der Waals surface area contributed by atoms with Crippen LogP contribution in [0.1, 0.15) is 32.8 Å². The number of carbonyl (C=O) groups excluding carboxylic acids is 1. The lowest BCUT2D eigenvalue weighted by Crippen LogP contribution is -2.53. The third kappa shape index (κ3) is 4.54. The number of aliphatic hydroxyl groups excluding tert-OH is 1. The van der Waals surface area contributed by atoms with E-state index in [1.807, 2.05) is 26.8 Å². The van der Waals surface area contributed by atoms with Crippen LogP contribution < -0.4 is 0 Å². The van der Waals surface area contributed by atoms with Gasteiger partial charge >= 0.3 is 6.09 Å². The fourth-order valence-corrected chi connectivity index (χ4v) is 2.99. The number of hydrogen-bond donors (Lipinski definition) is 1. The van der Waals surface area contributed by atoms with Crippen molar-refractivity contribution in [3.05, 3.63) is 33.8 Å². The summed E-state index contributed by atoms with van der Waals surface area (Å²) in [6.45, 7) is 6.45. The van der Waals surface area contributed by atoms with Gasteiger partial charge in [0.05, 0.1) is 23.2 Å². The smallest absolute Gasteiger partial charge is 0.410 e. The number of ether oxygens (including phenoxy) is 2. The van der Waals surface area contributed by atoms with Crippen molar-refractivity contribution in [2.45, 2.75) is 38.4 Å². The summed E-state index contributed by atoms with van der Waals surface area (Å²) >= 11 is 12.1. The first-order chi connectivity index (χ1) is 11.2. The first kappa shape index (κ1) is 19.3. The largest absolute Gasteiger partial charge is 0.444 e. The lowest BCUT2D eigenvalue weighted by molar-refractivity contribution is -0.123. The van der Waals surface area contributed by atoms with Gasteiger partial charge in [0.1, 0.15) is 11.2 Å². The number of carbonyl (C=O) groups is 1. The van der Waals surface area contributed by atoms with Gasteiger partial charge in [0, 0.05) is 19.6 Å². The molecule has 1 aromatic rings. The van der Waals surface area contributed by atoms with Gasteiger partial charge in [-0.2, -0.15) is 0 Å². The molecule has 1 fully saturated rings. The summed E-state index contributed by atoms with van der Waals surface area (Å²) in [4.78, 5) is 14.0. The van der Waals surface area contributed by atoms with Crippen LogP contribution in [0, 0.1) is 0 Å². The van der Waals surface area contributed by atoms with Crippen molar-refractivity contribution in [3.63, 3.8) is 0 Å². The van der Waals surface area contributed by atoms with Crippen molar-refractivity contribution >= 4 is 29.3 Å². The molecule has 0 aliphatic carbocycles. The number of amides is 1. The Kier molecular flexibility index (Phi) is 6.02. The Bertz CT molecular complexity index is 599. The summed E-state index contributed by atoms with van der Waals surface area (Å²) in [6, 6.07) is 5.22. The summed E-state index contributed by atoms with van der Waals surface area (Å²) in [5.74, 6) is 0. The average molecular weight is 376 g/mol. The van der Waals surface area contributed by atoms with Crippen LogP contribution in [0.2, 0.25) is 10.0 Å². The molecule has 1 aromatic carbocycles. The van der Waals surface area contributed by atoms with Crippen LogP contribution in [0.5, 0.6) is 0 Å². The summed E-state index contributed by atoms with van der Waals surface area (Å²) in [5.41, 5.74) is -0.629. The highest BCUT2D eigenvalue weighted by Crippen LogP contribution is 2.36. The summed E-state index contributed by atoms with van der Waals surface area (Å²) < 4.78 is 11.4. The van der Waals surface area contributed by atoms with E-state index in [0.717, 1.165) is 5.56 Å². The molecule has 7 heteroatoms. The van der Waals surface area contributed by atoms with Gasteiger partial charge in [-0.25, -0.2) is 4.79 Å². The molecule has 1 amide bonds. The van der Waals surface area contributed by atoms with E-state index in [1.54, 1.807) is 17.0 Å². The van der Waals surface area contributed by atoms with Gasteiger partial charge in [-0.15, -0.1) is 0 Å². The number of halogens is 2. The normalized spacial score (nSPS) is 21.7. The zero-order valence-corrected chi connectivity index (χ0v) is 15.7. The second-order valence-corrected chi connectivity index (χ2v) is 7.66. The number of benzene rings is 1. The fourth-order valence-electron chi connectivity index (χ4n) is 2.70. The maximum atomic E-state index is 12.4. The molecule has 0 radical (unpaired) electrons. The zero-order valence-electron chi connectivity index (χ0n) is 14.1. The molecule has 2 rings (SSSR count). The van der Waals surface area contributed by atoms with Gasteiger partial charge in [0.2, 0.25) is 0 Å². The van der Waals surface area contributed by atoms with E-state index >= 15 is 0 Å². The Hall–Kier alpha value is -1.01. The Labute approximate surface area is 152 Å². The van der Waals surface area contributed by atoms with E-state index in [9.17, 15) is 9.90 Å². The second kappa shape index (κ2) is 7.48. The Morgan fingerprint density at radius 1 is 1.38 bits per heavy atom. The maximum Gasteiger partial charge on any atom is 0.410 e. The van der Waals surface area contributed by atoms with Crippen LogP contribution in [0.4, 0.5) is 4.79 Å². The molecular weight excluding hydrogens is 353 g/mol. The van der Waals surface area contributed by atoms with Crippen LogP contribution in [-0.4, -0.2) is 48.0 Å². The van der Waals surface area contributed by atoms with Crippen molar-refractivity contribution in [2.24, 2.45) is 0 Å². The molecule has 0 bridgehead atoms. The van der Waals surface area contributed by atoms with Gasteiger partial charge in [0.25, 0.3) is 0 Å². The topological polar surface area (TPSA) is 59.0 Å². The van der Waals surface area contributed by atoms with Gasteiger partial charge in [0.15, 0.2) is 0 Å². The van der Waals surface area contributed by atoms with Crippen LogP contribution in [0.3, 0.4) is 0 Å². The minimum absolute atomic E-state index is 0.0809. The maximum absolute atomic E-state index is 12.4. The van der Waals surface area contributed by atoms with Crippen LogP contribution in [0.25, 0.3) is 0 Å². The van der Waals surface area contributed by atoms with Gasteiger partial charge < -0.3 is 19.5 Å². The molecule has 1 heterocycles. The Balaban J connectivity index is 2.28. The Morgan fingerprint density at radius 2 is 2.08 bits per heavy atom. The molecule has 1 aliphatic rings. The average Bonchev–Trinajstić information content (AvgIpc) is 2.49. The van der Waals surface area contributed by atoms with E-state index in [2.05, 4.69) is 0 Å². The highest BCUT2D eigenvalue weighted by atomic mass is 35.5. The first-order valence-electron chi connectivity index (χ1n) is 7.85. The molecule has 1 atom stereocenters. The molecule has 1 unspecified atom stereocenters. The van der Waals surface area contributed by atoms with Crippen molar-refractivity contribution in [1.82, 2.24) is 4.90 Å². The van der Waals surface area contributed by atoms with Crippen molar-refractivity contribution in [1.29, 1.82) is 0 Å². The van der Waals surface area contributed by atoms with Crippen LogP contribution in [-0.2, 0) is 15.1 Å². The number of hydrogen-bond acceptors (Lipinski definition) is 4. The van der Waals surface area contributed by atoms with E-state index in [1.165, 1.54) is 0 Å². The summed E-state index contributed by atoms with van der Waals surface area (Å²) in [6.07, 6.45) is -0.0576. The van der Waals surface area contributed by atoms with Gasteiger partial charge in [-0.3, -0.25) is 0 Å². The molecule has 24 heavy (non-hydrogen) atoms. The molecule has 134 valence electrons. The van der Waals surface area contributed by atoms with E-state index in [-0.39, 0.29) is 13.2 Å². The summed E-state index contributed by atoms with van der Waals surface area (Å²) in [5, 5.41) is 10.4. The second-order valence-electron chi connectivity index (χ2n) is 6.85. The van der Waals surface area contributed by atoms with Crippen molar-refractivity contribution in [3.8, 4) is 0 Å². The third-order valence-corrected chi connectivity index (χ3v) is 4.54. The number of morpholine rings is 1. The quantitative estimate of drug-likeness (QED) is 0.871. The van der Waals surface area contributed by atoms with Crippen molar-refractivity contribution in [2.75, 3.05) is 26.3 Å². The van der Waals surface area contributed by atoms with Crippen LogP contribution in [0.15, 0.2) is 18.2 Å². The number of aliphatic hydroxyl groups is 1. The lowest BCUT2D eigenvalue weighted by atomic mass is 9.88. The van der Waals surface area contributed by atoms with Crippen LogP contribution >= 0.6 is 23.2 Å².